The highest BCUT2D eigenvalue weighted by Gasteiger charge is 2.42. The van der Waals surface area contributed by atoms with Gasteiger partial charge in [0, 0.05) is 61.2 Å². The van der Waals surface area contributed by atoms with E-state index in [4.69, 9.17) is 17.2 Å². The minimum atomic E-state index is -1.36. The summed E-state index contributed by atoms with van der Waals surface area (Å²) in [6.45, 7) is 8.87. The van der Waals surface area contributed by atoms with Crippen LogP contribution in [0.15, 0.2) is 104 Å². The minimum Gasteiger partial charge on any atom is -0.370 e. The maximum atomic E-state index is 14.7. The van der Waals surface area contributed by atoms with Gasteiger partial charge in [-0.3, -0.25) is 47.9 Å². The summed E-state index contributed by atoms with van der Waals surface area (Å²) < 4.78 is 0. The van der Waals surface area contributed by atoms with E-state index in [0.717, 1.165) is 16.5 Å². The molecule has 1 aliphatic heterocycles. The molecule has 1 aliphatic rings. The predicted molar refractivity (Wildman–Crippen MR) is 308 cm³/mol. The molecule has 24 heteroatoms. The number of primary amides is 2. The summed E-state index contributed by atoms with van der Waals surface area (Å²) in [5, 5.41) is 19.8. The van der Waals surface area contributed by atoms with Crippen molar-refractivity contribution >= 4 is 70.0 Å². The third-order valence-electron chi connectivity index (χ3n) is 14.3. The lowest BCUT2D eigenvalue weighted by atomic mass is 9.99. The number of nitrogens with zero attached hydrogens (tertiary/aromatic N) is 2. The number of hydrogen-bond acceptors (Lipinski definition) is 12. The predicted octanol–water partition coefficient (Wildman–Crippen LogP) is 0.346. The standard InChI is InChI=1S/C59H78N14O10/c1-33(2)24-45(51(62)75)69-56(80)46(25-34(3)4)70-57(81)48(29-39-31-63-32-65-39)72-58(82)49(27-37-16-10-7-11-17-37)73-23-22-44(59(73)83)68-52(76)35(5)66-55(79)47(28-38-30-64-42-19-13-12-18-40(38)42)71-54(78)43(20-21-50(61)74)67-53(77)41(60)26-36-14-8-6-9-15-36/h6-19,30-35,41,43-49,64H,20-29,60H2,1-5H3,(H2,61,74)(H2,62,75)(H,63,65)(H,66,79)(H,67,77)(H,68,76)(H,69,80)(H,70,81)(H,71,78)(H,72,82)/t35-,41+,43-,44-,45-,46-,47-,48-,49-/m0/s1. The molecule has 1 saturated heterocycles. The number of carbonyl (C=O) groups excluding carboxylic acids is 10. The highest BCUT2D eigenvalue weighted by Crippen LogP contribution is 2.22. The van der Waals surface area contributed by atoms with Crippen molar-refractivity contribution in [3.8, 4) is 0 Å². The molecule has 5 aromatic rings. The molecule has 83 heavy (non-hydrogen) atoms. The monoisotopic (exact) mass is 1140 g/mol. The number of aromatic nitrogens is 3. The van der Waals surface area contributed by atoms with E-state index in [0.29, 0.717) is 16.8 Å². The quantitative estimate of drug-likeness (QED) is 0.0286. The fraction of sp³-hybridized carbons (Fsp3) is 0.441. The number of aromatic amines is 2. The number of carbonyl (C=O) groups is 10. The first-order valence-electron chi connectivity index (χ1n) is 27.9. The maximum Gasteiger partial charge on any atom is 0.245 e. The van der Waals surface area contributed by atoms with Crippen LogP contribution in [0.2, 0.25) is 0 Å². The first-order chi connectivity index (χ1) is 39.6. The summed E-state index contributed by atoms with van der Waals surface area (Å²) in [5.74, 6) is -7.27. The van der Waals surface area contributed by atoms with Gasteiger partial charge in [0.2, 0.25) is 59.1 Å². The van der Waals surface area contributed by atoms with Crippen molar-refractivity contribution < 1.29 is 47.9 Å². The number of para-hydroxylation sites is 1. The Balaban J connectivity index is 1.17. The summed E-state index contributed by atoms with van der Waals surface area (Å²) in [6.07, 6.45) is 4.54. The Bertz CT molecular complexity index is 3040. The lowest BCUT2D eigenvalue weighted by molar-refractivity contribution is -0.141. The van der Waals surface area contributed by atoms with Crippen LogP contribution in [0.4, 0.5) is 0 Å². The molecule has 0 unspecified atom stereocenters. The zero-order chi connectivity index (χ0) is 60.3. The zero-order valence-corrected chi connectivity index (χ0v) is 47.4. The number of fused-ring (bicyclic) bond motifs is 1. The number of nitrogens with two attached hydrogens (primary N) is 3. The van der Waals surface area contributed by atoms with E-state index in [1.165, 1.54) is 24.3 Å². The van der Waals surface area contributed by atoms with Crippen molar-refractivity contribution in [2.75, 3.05) is 6.54 Å². The first kappa shape index (κ1) is 63.3. The lowest BCUT2D eigenvalue weighted by Gasteiger charge is -2.30. The Morgan fingerprint density at radius 1 is 0.602 bits per heavy atom. The van der Waals surface area contributed by atoms with E-state index < -0.39 is 113 Å². The van der Waals surface area contributed by atoms with Gasteiger partial charge >= 0.3 is 0 Å². The van der Waals surface area contributed by atoms with Gasteiger partial charge in [0.1, 0.15) is 48.3 Å². The SMILES string of the molecule is CC(C)C[C@H](NC(=O)[C@H](CC(C)C)NC(=O)[C@H](Cc1cnc[nH]1)NC(=O)[C@H](Cc1ccccc1)N1CC[C@H](NC(=O)[C@H](C)NC(=O)[C@H](Cc2c[nH]c3ccccc23)NC(=O)[C@H](CCC(N)=O)NC(=O)[C@H](N)Cc2ccccc2)C1=O)C(N)=O. The normalized spacial score (nSPS) is 16.1. The zero-order valence-electron chi connectivity index (χ0n) is 47.4. The van der Waals surface area contributed by atoms with Crippen LogP contribution in [0.5, 0.6) is 0 Å². The number of nitrogens with one attached hydrogen (secondary N) is 9. The Morgan fingerprint density at radius 2 is 1.14 bits per heavy atom. The van der Waals surface area contributed by atoms with Crippen LogP contribution >= 0.6 is 0 Å². The molecule has 0 spiro atoms. The van der Waals surface area contributed by atoms with Gasteiger partial charge in [-0.2, -0.15) is 0 Å². The summed E-state index contributed by atoms with van der Waals surface area (Å²) in [7, 11) is 0. The van der Waals surface area contributed by atoms with Gasteiger partial charge in [-0.15, -0.1) is 0 Å². The number of hydrogen-bond donors (Lipinski definition) is 12. The first-order valence-corrected chi connectivity index (χ1v) is 27.9. The molecule has 24 nitrogen and oxygen atoms in total. The van der Waals surface area contributed by atoms with Crippen LogP contribution in [-0.4, -0.2) is 140 Å². The molecule has 0 saturated carbocycles. The van der Waals surface area contributed by atoms with Crippen LogP contribution < -0.4 is 54.4 Å². The topological polar surface area (TPSA) is 381 Å². The molecule has 0 aliphatic carbocycles. The molecule has 3 aromatic carbocycles. The molecule has 9 atom stereocenters. The molecule has 10 amide bonds. The molecule has 444 valence electrons. The Kier molecular flexibility index (Phi) is 23.0. The van der Waals surface area contributed by atoms with Crippen molar-refractivity contribution in [2.24, 2.45) is 29.0 Å². The van der Waals surface area contributed by atoms with Gasteiger partial charge in [-0.25, -0.2) is 4.98 Å². The molecular weight excluding hydrogens is 1060 g/mol. The Morgan fingerprint density at radius 3 is 1.77 bits per heavy atom. The summed E-state index contributed by atoms with van der Waals surface area (Å²) in [6, 6.07) is 14.3. The largest absolute Gasteiger partial charge is 0.370 e. The van der Waals surface area contributed by atoms with Gasteiger partial charge in [0.05, 0.1) is 12.4 Å². The number of H-pyrrole nitrogens is 2. The number of amides is 10. The molecule has 0 bridgehead atoms. The number of rotatable bonds is 31. The third-order valence-corrected chi connectivity index (χ3v) is 14.3. The van der Waals surface area contributed by atoms with Crippen molar-refractivity contribution in [2.45, 2.75) is 147 Å². The molecule has 2 aromatic heterocycles. The smallest absolute Gasteiger partial charge is 0.245 e. The van der Waals surface area contributed by atoms with E-state index in [-0.39, 0.29) is 76.2 Å². The molecule has 3 heterocycles. The molecule has 15 N–H and O–H groups in total. The van der Waals surface area contributed by atoms with Gasteiger partial charge < -0.3 is 69.3 Å². The van der Waals surface area contributed by atoms with Crippen LogP contribution in [0.1, 0.15) is 89.1 Å². The molecular formula is C59H78N14O10. The van der Waals surface area contributed by atoms with Crippen LogP contribution in [-0.2, 0) is 73.6 Å². The highest BCUT2D eigenvalue weighted by molar-refractivity contribution is 5.99. The average molecular weight is 1140 g/mol. The van der Waals surface area contributed by atoms with Crippen molar-refractivity contribution in [1.29, 1.82) is 0 Å². The second kappa shape index (κ2) is 30.2. The third kappa shape index (κ3) is 18.8. The molecule has 0 radical (unpaired) electrons. The number of likely N-dealkylation sites (tertiary alicyclic amines) is 1. The summed E-state index contributed by atoms with van der Waals surface area (Å²) in [5.41, 5.74) is 20.7. The van der Waals surface area contributed by atoms with E-state index in [1.807, 2.05) is 52.0 Å². The fourth-order valence-electron chi connectivity index (χ4n) is 9.86. The lowest BCUT2D eigenvalue weighted by Crippen LogP contribution is -2.60. The molecule has 1 fully saturated rings. The summed E-state index contributed by atoms with van der Waals surface area (Å²) >= 11 is 0. The minimum absolute atomic E-state index is 0.00374. The van der Waals surface area contributed by atoms with Gasteiger partial charge in [0.15, 0.2) is 0 Å². The van der Waals surface area contributed by atoms with Crippen molar-refractivity contribution in [3.05, 3.63) is 126 Å². The van der Waals surface area contributed by atoms with Crippen LogP contribution in [0, 0.1) is 11.8 Å². The van der Waals surface area contributed by atoms with Crippen LogP contribution in [0.25, 0.3) is 10.9 Å². The van der Waals surface area contributed by atoms with E-state index >= 15 is 0 Å². The fourth-order valence-corrected chi connectivity index (χ4v) is 9.86. The average Bonchev–Trinajstić information content (AvgIpc) is 4.29. The van der Waals surface area contributed by atoms with Crippen molar-refractivity contribution in [3.63, 3.8) is 0 Å². The Labute approximate surface area is 481 Å². The van der Waals surface area contributed by atoms with Gasteiger partial charge in [-0.05, 0) is 73.6 Å². The van der Waals surface area contributed by atoms with Gasteiger partial charge in [0.25, 0.3) is 0 Å². The van der Waals surface area contributed by atoms with Crippen LogP contribution in [0.3, 0.4) is 0 Å². The van der Waals surface area contributed by atoms with Gasteiger partial charge in [-0.1, -0.05) is 107 Å². The van der Waals surface area contributed by atoms with E-state index in [1.54, 1.807) is 66.9 Å². The maximum absolute atomic E-state index is 14.7. The second-order valence-electron chi connectivity index (χ2n) is 21.9. The highest BCUT2D eigenvalue weighted by atomic mass is 16.2. The van der Waals surface area contributed by atoms with E-state index in [2.05, 4.69) is 52.2 Å². The number of imidazole rings is 1. The number of benzene rings is 3. The molecule has 6 rings (SSSR count). The second-order valence-corrected chi connectivity index (χ2v) is 21.9. The van der Waals surface area contributed by atoms with Crippen molar-refractivity contribution in [1.82, 2.24) is 57.1 Å². The summed E-state index contributed by atoms with van der Waals surface area (Å²) in [4.78, 5) is 149. The Hall–Kier alpha value is -8.93. The van der Waals surface area contributed by atoms with E-state index in [9.17, 15) is 47.9 Å².